The highest BCUT2D eigenvalue weighted by Gasteiger charge is 2.16. The quantitative estimate of drug-likeness (QED) is 0.597. The van der Waals surface area contributed by atoms with Gasteiger partial charge in [-0.05, 0) is 41.0 Å². The van der Waals surface area contributed by atoms with Crippen molar-refractivity contribution < 1.29 is 9.90 Å². The summed E-state index contributed by atoms with van der Waals surface area (Å²) in [5.41, 5.74) is 2.75. The van der Waals surface area contributed by atoms with Crippen LogP contribution in [0.4, 0.5) is 0 Å². The van der Waals surface area contributed by atoms with Crippen LogP contribution in [0.1, 0.15) is 16.7 Å². The number of para-hydroxylation sites is 1. The summed E-state index contributed by atoms with van der Waals surface area (Å²) < 4.78 is 1.74. The molecule has 0 aliphatic rings. The number of nitrogens with zero attached hydrogens (tertiary/aromatic N) is 1. The summed E-state index contributed by atoms with van der Waals surface area (Å²) in [5, 5.41) is 12.3. The first kappa shape index (κ1) is 17.0. The fourth-order valence-electron chi connectivity index (χ4n) is 3.66. The van der Waals surface area contributed by atoms with Gasteiger partial charge in [0.1, 0.15) is 0 Å². The third-order valence-corrected chi connectivity index (χ3v) is 5.02. The molecule has 0 atom stereocenters. The number of carboxylic acids is 1. The Balaban J connectivity index is 1.89. The zero-order chi connectivity index (χ0) is 19.0. The van der Waals surface area contributed by atoms with E-state index in [0.29, 0.717) is 17.7 Å². The molecule has 3 aromatic carbocycles. The van der Waals surface area contributed by atoms with Gasteiger partial charge in [-0.25, -0.2) is 0 Å². The lowest BCUT2D eigenvalue weighted by Crippen LogP contribution is -2.25. The van der Waals surface area contributed by atoms with Crippen molar-refractivity contribution in [1.82, 2.24) is 4.57 Å². The Hall–Kier alpha value is -3.40. The predicted octanol–water partition coefficient (Wildman–Crippen LogP) is 4.14. The van der Waals surface area contributed by atoms with Crippen molar-refractivity contribution in [3.63, 3.8) is 0 Å². The molecule has 1 heterocycles. The molecule has 0 saturated carbocycles. The van der Waals surface area contributed by atoms with Crippen molar-refractivity contribution in [2.75, 3.05) is 0 Å². The molecule has 1 aromatic heterocycles. The summed E-state index contributed by atoms with van der Waals surface area (Å²) in [5.74, 6) is -0.935. The van der Waals surface area contributed by atoms with Crippen LogP contribution in [-0.4, -0.2) is 15.6 Å². The van der Waals surface area contributed by atoms with Gasteiger partial charge in [0.15, 0.2) is 0 Å². The van der Waals surface area contributed by atoms with Crippen molar-refractivity contribution in [3.05, 3.63) is 93.8 Å². The van der Waals surface area contributed by atoms with E-state index < -0.39 is 5.97 Å². The first-order chi connectivity index (χ1) is 13.0. The van der Waals surface area contributed by atoms with Crippen LogP contribution < -0.4 is 5.56 Å². The second kappa shape index (κ2) is 6.72. The monoisotopic (exact) mass is 357 g/mol. The Kier molecular flexibility index (Phi) is 4.24. The molecule has 4 aromatic rings. The van der Waals surface area contributed by atoms with E-state index in [1.165, 1.54) is 0 Å². The summed E-state index contributed by atoms with van der Waals surface area (Å²) in [6.07, 6.45) is -0.154. The van der Waals surface area contributed by atoms with E-state index in [2.05, 4.69) is 24.3 Å². The van der Waals surface area contributed by atoms with Crippen molar-refractivity contribution in [3.8, 4) is 0 Å². The Morgan fingerprint density at radius 1 is 0.963 bits per heavy atom. The lowest BCUT2D eigenvalue weighted by atomic mass is 10.0. The first-order valence-electron chi connectivity index (χ1n) is 8.85. The van der Waals surface area contributed by atoms with E-state index in [1.54, 1.807) is 11.5 Å². The van der Waals surface area contributed by atoms with E-state index in [-0.39, 0.29) is 12.0 Å². The summed E-state index contributed by atoms with van der Waals surface area (Å²) in [4.78, 5) is 24.3. The topological polar surface area (TPSA) is 59.3 Å². The van der Waals surface area contributed by atoms with Gasteiger partial charge in [-0.3, -0.25) is 9.59 Å². The first-order valence-corrected chi connectivity index (χ1v) is 8.85. The lowest BCUT2D eigenvalue weighted by Gasteiger charge is -2.16. The van der Waals surface area contributed by atoms with Gasteiger partial charge < -0.3 is 9.67 Å². The maximum absolute atomic E-state index is 13.0. The summed E-state index contributed by atoms with van der Waals surface area (Å²) in [6, 6.07) is 21.8. The fourth-order valence-corrected chi connectivity index (χ4v) is 3.66. The van der Waals surface area contributed by atoms with Crippen LogP contribution in [0.5, 0.6) is 0 Å². The molecule has 0 fully saturated rings. The molecule has 1 N–H and O–H groups in total. The third-order valence-electron chi connectivity index (χ3n) is 5.02. The van der Waals surface area contributed by atoms with Crippen molar-refractivity contribution >= 4 is 27.6 Å². The number of carbonyl (C=O) groups is 1. The molecular formula is C23H19NO3. The number of rotatable bonds is 4. The maximum Gasteiger partial charge on any atom is 0.307 e. The number of pyridine rings is 1. The van der Waals surface area contributed by atoms with Crippen LogP contribution in [0.25, 0.3) is 21.7 Å². The van der Waals surface area contributed by atoms with Crippen LogP contribution >= 0.6 is 0 Å². The lowest BCUT2D eigenvalue weighted by molar-refractivity contribution is -0.136. The fraction of sp³-hybridized carbons (Fsp3) is 0.130. The SMILES string of the molecule is Cc1c(CC(=O)O)c2ccccc2n(Cc2ccc3ccccc3c2)c1=O. The van der Waals surface area contributed by atoms with Gasteiger partial charge in [-0.15, -0.1) is 0 Å². The number of carboxylic acid groups (broad SMARTS) is 1. The number of hydrogen-bond acceptors (Lipinski definition) is 2. The van der Waals surface area contributed by atoms with Crippen molar-refractivity contribution in [2.45, 2.75) is 19.9 Å². The number of fused-ring (bicyclic) bond motifs is 2. The van der Waals surface area contributed by atoms with Gasteiger partial charge in [0.25, 0.3) is 5.56 Å². The molecule has 4 rings (SSSR count). The summed E-state index contributed by atoms with van der Waals surface area (Å²) in [6.45, 7) is 2.16. The highest BCUT2D eigenvalue weighted by molar-refractivity contribution is 5.87. The maximum atomic E-state index is 13.0. The Morgan fingerprint density at radius 3 is 2.44 bits per heavy atom. The average Bonchev–Trinajstić information content (AvgIpc) is 2.68. The molecule has 134 valence electrons. The number of aromatic nitrogens is 1. The molecule has 4 heteroatoms. The minimum Gasteiger partial charge on any atom is -0.481 e. The Labute approximate surface area is 156 Å². The minimum absolute atomic E-state index is 0.141. The largest absolute Gasteiger partial charge is 0.481 e. The van der Waals surface area contributed by atoms with Crippen LogP contribution in [0.2, 0.25) is 0 Å². The van der Waals surface area contributed by atoms with Gasteiger partial charge >= 0.3 is 5.97 Å². The molecule has 27 heavy (non-hydrogen) atoms. The van der Waals surface area contributed by atoms with E-state index in [9.17, 15) is 14.7 Å². The predicted molar refractivity (Wildman–Crippen MR) is 107 cm³/mol. The summed E-state index contributed by atoms with van der Waals surface area (Å²) >= 11 is 0. The van der Waals surface area contributed by atoms with Crippen LogP contribution in [0.3, 0.4) is 0 Å². The molecule has 0 spiro atoms. The Bertz CT molecular complexity index is 1240. The van der Waals surface area contributed by atoms with Crippen LogP contribution in [-0.2, 0) is 17.8 Å². The van der Waals surface area contributed by atoms with Gasteiger partial charge in [0, 0.05) is 10.9 Å². The molecule has 0 aliphatic carbocycles. The molecule has 0 radical (unpaired) electrons. The number of aliphatic carboxylic acids is 1. The molecule has 0 unspecified atom stereocenters. The van der Waals surface area contributed by atoms with E-state index in [0.717, 1.165) is 27.2 Å². The molecule has 0 bridgehead atoms. The molecule has 0 aliphatic heterocycles. The van der Waals surface area contributed by atoms with E-state index in [4.69, 9.17) is 0 Å². The van der Waals surface area contributed by atoms with E-state index >= 15 is 0 Å². The Morgan fingerprint density at radius 2 is 1.67 bits per heavy atom. The number of benzene rings is 3. The van der Waals surface area contributed by atoms with Crippen molar-refractivity contribution in [1.29, 1.82) is 0 Å². The van der Waals surface area contributed by atoms with Gasteiger partial charge in [0.2, 0.25) is 0 Å². The molecule has 0 saturated heterocycles. The highest BCUT2D eigenvalue weighted by atomic mass is 16.4. The zero-order valence-corrected chi connectivity index (χ0v) is 15.0. The van der Waals surface area contributed by atoms with Gasteiger partial charge in [-0.1, -0.05) is 54.6 Å². The van der Waals surface area contributed by atoms with Gasteiger partial charge in [-0.2, -0.15) is 0 Å². The zero-order valence-electron chi connectivity index (χ0n) is 15.0. The van der Waals surface area contributed by atoms with E-state index in [1.807, 2.05) is 42.5 Å². The smallest absolute Gasteiger partial charge is 0.307 e. The van der Waals surface area contributed by atoms with Gasteiger partial charge in [0.05, 0.1) is 18.5 Å². The van der Waals surface area contributed by atoms with Crippen LogP contribution in [0, 0.1) is 6.92 Å². The van der Waals surface area contributed by atoms with Crippen molar-refractivity contribution in [2.24, 2.45) is 0 Å². The summed E-state index contributed by atoms with van der Waals surface area (Å²) in [7, 11) is 0. The second-order valence-electron chi connectivity index (χ2n) is 6.76. The standard InChI is InChI=1S/C23H19NO3/c1-15-20(13-22(25)26)19-8-4-5-9-21(19)24(23(15)27)14-16-10-11-17-6-2-3-7-18(17)12-16/h2-12H,13-14H2,1H3,(H,25,26). The highest BCUT2D eigenvalue weighted by Crippen LogP contribution is 2.22. The normalized spacial score (nSPS) is 11.1. The molecule has 0 amide bonds. The molecular weight excluding hydrogens is 338 g/mol. The second-order valence-corrected chi connectivity index (χ2v) is 6.76. The number of hydrogen-bond donors (Lipinski definition) is 1. The average molecular weight is 357 g/mol. The molecule has 4 nitrogen and oxygen atoms in total. The minimum atomic E-state index is -0.935. The van der Waals surface area contributed by atoms with Crippen LogP contribution in [0.15, 0.2) is 71.5 Å². The third kappa shape index (κ3) is 3.10.